The van der Waals surface area contributed by atoms with Gasteiger partial charge in [-0.2, -0.15) is 5.10 Å². The second kappa shape index (κ2) is 9.41. The molecule has 1 aromatic carbocycles. The maximum absolute atomic E-state index is 12.9. The number of pyridine rings is 1. The van der Waals surface area contributed by atoms with Gasteiger partial charge in [-0.25, -0.2) is 4.68 Å². The molecule has 9 heteroatoms. The summed E-state index contributed by atoms with van der Waals surface area (Å²) < 4.78 is 13.0. The fraction of sp³-hybridized carbons (Fsp3) is 0.333. The number of para-hydroxylation sites is 2. The van der Waals surface area contributed by atoms with E-state index in [0.29, 0.717) is 37.7 Å². The molecule has 4 heterocycles. The number of piperazine rings is 1. The van der Waals surface area contributed by atoms with Gasteiger partial charge in [-0.05, 0) is 30.3 Å². The zero-order valence-electron chi connectivity index (χ0n) is 18.2. The Bertz CT molecular complexity index is 1170. The minimum atomic E-state index is -0.621. The lowest BCUT2D eigenvalue weighted by Crippen LogP contribution is -2.54. The summed E-state index contributed by atoms with van der Waals surface area (Å²) in [6.07, 6.45) is 2.81. The lowest BCUT2D eigenvalue weighted by molar-refractivity contribution is -0.143. The second-order valence-electron chi connectivity index (χ2n) is 8.05. The molecule has 170 valence electrons. The number of aromatic nitrogens is 3. The molecule has 1 unspecified atom stereocenters. The summed E-state index contributed by atoms with van der Waals surface area (Å²) in [6.45, 7) is 4.06. The summed E-state index contributed by atoms with van der Waals surface area (Å²) in [7, 11) is 0. The van der Waals surface area contributed by atoms with E-state index in [-0.39, 0.29) is 18.1 Å². The Labute approximate surface area is 191 Å². The van der Waals surface area contributed by atoms with E-state index >= 15 is 0 Å². The Hall–Kier alpha value is -3.72. The number of hydrogen-bond donors (Lipinski definition) is 0. The van der Waals surface area contributed by atoms with Crippen LogP contribution in [0.3, 0.4) is 0 Å². The minimum absolute atomic E-state index is 0.0498. The van der Waals surface area contributed by atoms with Crippen LogP contribution < -0.4 is 15.0 Å². The Morgan fingerprint density at radius 3 is 2.58 bits per heavy atom. The smallest absolute Gasteiger partial charge is 0.267 e. The molecule has 0 N–H and O–H groups in total. The zero-order valence-corrected chi connectivity index (χ0v) is 18.2. The highest BCUT2D eigenvalue weighted by atomic mass is 16.6. The van der Waals surface area contributed by atoms with Crippen LogP contribution in [-0.2, 0) is 11.3 Å². The van der Waals surface area contributed by atoms with E-state index in [1.807, 2.05) is 41.3 Å². The van der Waals surface area contributed by atoms with Crippen LogP contribution >= 0.6 is 0 Å². The summed E-state index contributed by atoms with van der Waals surface area (Å²) >= 11 is 0. The van der Waals surface area contributed by atoms with Crippen molar-refractivity contribution in [3.8, 4) is 22.8 Å². The molecule has 1 amide bonds. The van der Waals surface area contributed by atoms with Gasteiger partial charge in [0.1, 0.15) is 6.61 Å². The number of amides is 1. The first-order valence-corrected chi connectivity index (χ1v) is 11.1. The van der Waals surface area contributed by atoms with E-state index < -0.39 is 6.10 Å². The predicted octanol–water partition coefficient (Wildman–Crippen LogP) is 1.29. The quantitative estimate of drug-likeness (QED) is 0.582. The molecule has 1 saturated heterocycles. The van der Waals surface area contributed by atoms with Crippen molar-refractivity contribution in [2.75, 3.05) is 39.3 Å². The number of benzene rings is 1. The highest BCUT2D eigenvalue weighted by Crippen LogP contribution is 2.31. The number of carbonyl (C=O) groups is 1. The van der Waals surface area contributed by atoms with E-state index in [1.165, 1.54) is 10.7 Å². The van der Waals surface area contributed by atoms with E-state index in [2.05, 4.69) is 15.0 Å². The molecule has 0 radical (unpaired) electrons. The molecule has 33 heavy (non-hydrogen) atoms. The largest absolute Gasteiger partial charge is 0.485 e. The Balaban J connectivity index is 1.14. The third-order valence-electron chi connectivity index (χ3n) is 5.92. The van der Waals surface area contributed by atoms with Gasteiger partial charge in [-0.3, -0.25) is 19.5 Å². The van der Waals surface area contributed by atoms with Crippen LogP contribution in [0, 0.1) is 0 Å². The van der Waals surface area contributed by atoms with Gasteiger partial charge in [0.15, 0.2) is 11.5 Å². The first-order valence-electron chi connectivity index (χ1n) is 11.1. The maximum atomic E-state index is 12.9. The Kier molecular flexibility index (Phi) is 6.03. The predicted molar refractivity (Wildman–Crippen MR) is 121 cm³/mol. The second-order valence-corrected chi connectivity index (χ2v) is 8.05. The van der Waals surface area contributed by atoms with Crippen LogP contribution in [0.1, 0.15) is 0 Å². The van der Waals surface area contributed by atoms with E-state index in [0.717, 1.165) is 24.3 Å². The third-order valence-corrected chi connectivity index (χ3v) is 5.92. The van der Waals surface area contributed by atoms with E-state index in [4.69, 9.17) is 9.47 Å². The first kappa shape index (κ1) is 21.1. The molecule has 0 bridgehead atoms. The molecular formula is C24H25N5O4. The number of hydrogen-bond acceptors (Lipinski definition) is 7. The molecule has 0 saturated carbocycles. The normalized spacial score (nSPS) is 18.2. The van der Waals surface area contributed by atoms with Crippen molar-refractivity contribution in [1.82, 2.24) is 24.6 Å². The van der Waals surface area contributed by atoms with Crippen molar-refractivity contribution in [1.29, 1.82) is 0 Å². The summed E-state index contributed by atoms with van der Waals surface area (Å²) in [4.78, 5) is 33.4. The van der Waals surface area contributed by atoms with Crippen molar-refractivity contribution in [3.63, 3.8) is 0 Å². The van der Waals surface area contributed by atoms with Crippen molar-refractivity contribution in [2.24, 2.45) is 0 Å². The topological polar surface area (TPSA) is 89.8 Å². The molecule has 5 rings (SSSR count). The molecule has 2 aliphatic heterocycles. The van der Waals surface area contributed by atoms with Gasteiger partial charge in [0.25, 0.3) is 11.5 Å². The van der Waals surface area contributed by atoms with Gasteiger partial charge in [0.2, 0.25) is 6.10 Å². The van der Waals surface area contributed by atoms with Crippen LogP contribution in [0.5, 0.6) is 11.5 Å². The Morgan fingerprint density at radius 1 is 0.970 bits per heavy atom. The molecule has 1 atom stereocenters. The molecule has 2 aromatic heterocycles. The van der Waals surface area contributed by atoms with Gasteiger partial charge in [-0.15, -0.1) is 0 Å². The molecule has 1 fully saturated rings. The molecule has 3 aromatic rings. The SMILES string of the molecule is O=C(C1COc2ccccc2O1)N1CCN(CCn2nc(-c3cccnc3)ccc2=O)CC1. The standard InChI is InChI=1S/C24H25N5O4/c30-23-8-7-19(18-4-3-9-25-16-18)26-29(23)15-12-27-10-13-28(14-11-27)24(31)22-17-32-20-5-1-2-6-21(20)33-22/h1-9,16,22H,10-15,17H2. The number of nitrogens with zero attached hydrogens (tertiary/aromatic N) is 5. The highest BCUT2D eigenvalue weighted by Gasteiger charge is 2.32. The molecule has 2 aliphatic rings. The third kappa shape index (κ3) is 4.73. The fourth-order valence-electron chi connectivity index (χ4n) is 4.05. The summed E-state index contributed by atoms with van der Waals surface area (Å²) in [5.41, 5.74) is 1.45. The van der Waals surface area contributed by atoms with Gasteiger partial charge in [0, 0.05) is 56.7 Å². The van der Waals surface area contributed by atoms with Gasteiger partial charge in [-0.1, -0.05) is 12.1 Å². The molecule has 0 spiro atoms. The van der Waals surface area contributed by atoms with Crippen molar-refractivity contribution in [3.05, 3.63) is 71.3 Å². The van der Waals surface area contributed by atoms with Crippen molar-refractivity contribution >= 4 is 5.91 Å². The molecule has 0 aliphatic carbocycles. The number of rotatable bonds is 5. The molecule has 9 nitrogen and oxygen atoms in total. The number of carbonyl (C=O) groups excluding carboxylic acids is 1. The van der Waals surface area contributed by atoms with Gasteiger partial charge < -0.3 is 14.4 Å². The maximum Gasteiger partial charge on any atom is 0.267 e. The van der Waals surface area contributed by atoms with Crippen LogP contribution in [0.15, 0.2) is 65.7 Å². The minimum Gasteiger partial charge on any atom is -0.485 e. The lowest BCUT2D eigenvalue weighted by atomic mass is 10.2. The highest BCUT2D eigenvalue weighted by molar-refractivity contribution is 5.82. The fourth-order valence-corrected chi connectivity index (χ4v) is 4.05. The Morgan fingerprint density at radius 2 is 1.79 bits per heavy atom. The summed E-state index contributed by atoms with van der Waals surface area (Å²) in [6, 6.07) is 14.4. The molecular weight excluding hydrogens is 422 g/mol. The summed E-state index contributed by atoms with van der Waals surface area (Å²) in [5.74, 6) is 1.22. The number of ether oxygens (including phenoxy) is 2. The zero-order chi connectivity index (χ0) is 22.6. The number of fused-ring (bicyclic) bond motifs is 1. The average molecular weight is 447 g/mol. The lowest BCUT2D eigenvalue weighted by Gasteiger charge is -2.37. The van der Waals surface area contributed by atoms with E-state index in [9.17, 15) is 9.59 Å². The van der Waals surface area contributed by atoms with E-state index in [1.54, 1.807) is 18.5 Å². The van der Waals surface area contributed by atoms with Crippen LogP contribution in [0.2, 0.25) is 0 Å². The van der Waals surface area contributed by atoms with Crippen LogP contribution in [0.4, 0.5) is 0 Å². The van der Waals surface area contributed by atoms with Crippen LogP contribution in [-0.4, -0.2) is 75.9 Å². The van der Waals surface area contributed by atoms with Crippen LogP contribution in [0.25, 0.3) is 11.3 Å². The summed E-state index contributed by atoms with van der Waals surface area (Å²) in [5, 5.41) is 4.49. The first-order chi connectivity index (χ1) is 16.2. The van der Waals surface area contributed by atoms with Crippen molar-refractivity contribution in [2.45, 2.75) is 12.6 Å². The van der Waals surface area contributed by atoms with Crippen molar-refractivity contribution < 1.29 is 14.3 Å². The monoisotopic (exact) mass is 447 g/mol. The van der Waals surface area contributed by atoms with Gasteiger partial charge >= 0.3 is 0 Å². The van der Waals surface area contributed by atoms with Gasteiger partial charge in [0.05, 0.1) is 12.2 Å². The average Bonchev–Trinajstić information content (AvgIpc) is 2.88.